The van der Waals surface area contributed by atoms with Crippen LogP contribution in [0.2, 0.25) is 0 Å². The normalized spacial score (nSPS) is 10.5. The molecule has 7 nitrogen and oxygen atoms in total. The molecule has 150 valence electrons. The van der Waals surface area contributed by atoms with Gasteiger partial charge in [-0.05, 0) is 48.5 Å². The quantitative estimate of drug-likeness (QED) is 0.374. The SMILES string of the molecule is O=C(CSc1nc2ccccc2o1)Nc1ccc(NC(=O)Nc2ccccc2)cc1. The molecule has 0 saturated carbocycles. The highest BCUT2D eigenvalue weighted by Gasteiger charge is 2.10. The van der Waals surface area contributed by atoms with E-state index in [1.165, 1.54) is 11.8 Å². The number of carbonyl (C=O) groups excluding carboxylic acids is 2. The topological polar surface area (TPSA) is 96.3 Å². The second kappa shape index (κ2) is 9.15. The number of hydrogen-bond donors (Lipinski definition) is 3. The maximum atomic E-state index is 12.2. The fourth-order valence-corrected chi connectivity index (χ4v) is 3.33. The summed E-state index contributed by atoms with van der Waals surface area (Å²) in [6.07, 6.45) is 0. The number of urea groups is 1. The van der Waals surface area contributed by atoms with Gasteiger partial charge in [-0.15, -0.1) is 0 Å². The number of aromatic nitrogens is 1. The molecule has 0 fully saturated rings. The zero-order chi connectivity index (χ0) is 20.8. The summed E-state index contributed by atoms with van der Waals surface area (Å²) >= 11 is 1.23. The smallest absolute Gasteiger partial charge is 0.323 e. The van der Waals surface area contributed by atoms with Gasteiger partial charge in [0.2, 0.25) is 5.91 Å². The van der Waals surface area contributed by atoms with E-state index in [0.29, 0.717) is 27.9 Å². The molecule has 4 aromatic rings. The molecule has 1 aromatic heterocycles. The molecule has 0 unspecified atom stereocenters. The van der Waals surface area contributed by atoms with Crippen LogP contribution in [0.4, 0.5) is 21.9 Å². The van der Waals surface area contributed by atoms with Gasteiger partial charge in [-0.3, -0.25) is 4.79 Å². The Kier molecular flexibility index (Phi) is 5.95. The van der Waals surface area contributed by atoms with Crippen LogP contribution in [0.3, 0.4) is 0 Å². The van der Waals surface area contributed by atoms with Crippen LogP contribution in [0.5, 0.6) is 0 Å². The Morgan fingerprint density at radius 3 is 2.07 bits per heavy atom. The molecule has 0 aliphatic rings. The van der Waals surface area contributed by atoms with Crippen LogP contribution in [0.25, 0.3) is 11.1 Å². The second-order valence-electron chi connectivity index (χ2n) is 6.31. The number of hydrogen-bond acceptors (Lipinski definition) is 5. The van der Waals surface area contributed by atoms with E-state index in [1.807, 2.05) is 42.5 Å². The van der Waals surface area contributed by atoms with Crippen molar-refractivity contribution in [2.24, 2.45) is 0 Å². The molecular weight excluding hydrogens is 400 g/mol. The number of fused-ring (bicyclic) bond motifs is 1. The number of nitrogens with one attached hydrogen (secondary N) is 3. The van der Waals surface area contributed by atoms with E-state index in [1.54, 1.807) is 36.4 Å². The number of anilines is 3. The molecule has 8 heteroatoms. The molecule has 3 N–H and O–H groups in total. The minimum atomic E-state index is -0.340. The zero-order valence-corrected chi connectivity index (χ0v) is 16.6. The maximum absolute atomic E-state index is 12.2. The summed E-state index contributed by atoms with van der Waals surface area (Å²) in [6, 6.07) is 23.2. The van der Waals surface area contributed by atoms with Gasteiger partial charge < -0.3 is 20.4 Å². The molecule has 0 aliphatic heterocycles. The van der Waals surface area contributed by atoms with E-state index in [-0.39, 0.29) is 17.7 Å². The van der Waals surface area contributed by atoms with Crippen molar-refractivity contribution in [2.75, 3.05) is 21.7 Å². The number of para-hydroxylation sites is 3. The van der Waals surface area contributed by atoms with Crippen molar-refractivity contribution < 1.29 is 14.0 Å². The van der Waals surface area contributed by atoms with Gasteiger partial charge in [-0.25, -0.2) is 9.78 Å². The number of oxazole rings is 1. The van der Waals surface area contributed by atoms with E-state index in [2.05, 4.69) is 20.9 Å². The van der Waals surface area contributed by atoms with E-state index < -0.39 is 0 Å². The van der Waals surface area contributed by atoms with Gasteiger partial charge in [0, 0.05) is 17.1 Å². The first-order valence-corrected chi connectivity index (χ1v) is 10.2. The number of nitrogens with zero attached hydrogens (tertiary/aromatic N) is 1. The van der Waals surface area contributed by atoms with Crippen LogP contribution in [0.15, 0.2) is 88.5 Å². The van der Waals surface area contributed by atoms with Crippen LogP contribution in [0.1, 0.15) is 0 Å². The standard InChI is InChI=1S/C22H18N4O3S/c27-20(14-30-22-26-18-8-4-5-9-19(18)29-22)23-16-10-12-17(13-11-16)25-21(28)24-15-6-2-1-3-7-15/h1-13H,14H2,(H,23,27)(H2,24,25,28). The van der Waals surface area contributed by atoms with E-state index >= 15 is 0 Å². The molecule has 3 amide bonds. The molecular formula is C22H18N4O3S. The summed E-state index contributed by atoms with van der Waals surface area (Å²) in [4.78, 5) is 28.5. The van der Waals surface area contributed by atoms with Crippen molar-refractivity contribution in [3.63, 3.8) is 0 Å². The van der Waals surface area contributed by atoms with Crippen LogP contribution in [-0.2, 0) is 4.79 Å². The highest BCUT2D eigenvalue weighted by molar-refractivity contribution is 7.99. The Morgan fingerprint density at radius 2 is 1.37 bits per heavy atom. The van der Waals surface area contributed by atoms with Gasteiger partial charge in [0.05, 0.1) is 5.75 Å². The lowest BCUT2D eigenvalue weighted by atomic mass is 10.3. The molecule has 30 heavy (non-hydrogen) atoms. The molecule has 0 spiro atoms. The number of amides is 3. The van der Waals surface area contributed by atoms with Crippen molar-refractivity contribution in [3.8, 4) is 0 Å². The Balaban J connectivity index is 1.26. The van der Waals surface area contributed by atoms with E-state index in [9.17, 15) is 9.59 Å². The first kappa shape index (κ1) is 19.5. The fraction of sp³-hybridized carbons (Fsp3) is 0.0455. The summed E-state index contributed by atoms with van der Waals surface area (Å²) in [6.45, 7) is 0. The Bertz CT molecular complexity index is 1130. The van der Waals surface area contributed by atoms with Gasteiger partial charge in [-0.1, -0.05) is 42.1 Å². The van der Waals surface area contributed by atoms with Crippen molar-refractivity contribution in [1.29, 1.82) is 0 Å². The minimum Gasteiger partial charge on any atom is -0.431 e. The van der Waals surface area contributed by atoms with E-state index in [0.717, 1.165) is 5.52 Å². The number of benzene rings is 3. The maximum Gasteiger partial charge on any atom is 0.323 e. The third-order valence-electron chi connectivity index (χ3n) is 4.06. The van der Waals surface area contributed by atoms with Gasteiger partial charge in [0.1, 0.15) is 5.52 Å². The monoisotopic (exact) mass is 418 g/mol. The highest BCUT2D eigenvalue weighted by Crippen LogP contribution is 2.23. The van der Waals surface area contributed by atoms with Crippen LogP contribution in [-0.4, -0.2) is 22.7 Å². The van der Waals surface area contributed by atoms with Gasteiger partial charge >= 0.3 is 6.03 Å². The summed E-state index contributed by atoms with van der Waals surface area (Å²) in [7, 11) is 0. The lowest BCUT2D eigenvalue weighted by Crippen LogP contribution is -2.19. The highest BCUT2D eigenvalue weighted by atomic mass is 32.2. The van der Waals surface area contributed by atoms with Crippen molar-refractivity contribution in [3.05, 3.63) is 78.9 Å². The zero-order valence-electron chi connectivity index (χ0n) is 15.8. The molecule has 0 aliphatic carbocycles. The first-order chi connectivity index (χ1) is 14.7. The fourth-order valence-electron chi connectivity index (χ4n) is 2.69. The summed E-state index contributed by atoms with van der Waals surface area (Å²) in [5, 5.41) is 8.75. The number of rotatable bonds is 6. The second-order valence-corrected chi connectivity index (χ2v) is 7.23. The Morgan fingerprint density at radius 1 is 0.767 bits per heavy atom. The minimum absolute atomic E-state index is 0.173. The van der Waals surface area contributed by atoms with Crippen LogP contribution >= 0.6 is 11.8 Å². The lowest BCUT2D eigenvalue weighted by molar-refractivity contribution is -0.113. The van der Waals surface area contributed by atoms with Gasteiger partial charge in [0.25, 0.3) is 5.22 Å². The average Bonchev–Trinajstić information content (AvgIpc) is 3.17. The Labute approximate surface area is 176 Å². The van der Waals surface area contributed by atoms with Crippen LogP contribution < -0.4 is 16.0 Å². The average molecular weight is 418 g/mol. The summed E-state index contributed by atoms with van der Waals surface area (Å²) in [5.74, 6) is -0.00320. The molecule has 3 aromatic carbocycles. The van der Waals surface area contributed by atoms with E-state index in [4.69, 9.17) is 4.42 Å². The predicted octanol–water partition coefficient (Wildman–Crippen LogP) is 5.20. The molecule has 0 saturated heterocycles. The third-order valence-corrected chi connectivity index (χ3v) is 4.89. The molecule has 0 radical (unpaired) electrons. The van der Waals surface area contributed by atoms with Crippen molar-refractivity contribution >= 4 is 51.9 Å². The lowest BCUT2D eigenvalue weighted by Gasteiger charge is -2.09. The van der Waals surface area contributed by atoms with Gasteiger partial charge in [0.15, 0.2) is 5.58 Å². The summed E-state index contributed by atoms with van der Waals surface area (Å²) < 4.78 is 5.59. The van der Waals surface area contributed by atoms with Crippen molar-refractivity contribution in [1.82, 2.24) is 4.98 Å². The largest absolute Gasteiger partial charge is 0.431 e. The Hall–Kier alpha value is -3.78. The van der Waals surface area contributed by atoms with Gasteiger partial charge in [-0.2, -0.15) is 0 Å². The predicted molar refractivity (Wildman–Crippen MR) is 119 cm³/mol. The number of carbonyl (C=O) groups is 2. The summed E-state index contributed by atoms with van der Waals surface area (Å²) in [5.41, 5.74) is 3.41. The molecule has 0 bridgehead atoms. The first-order valence-electron chi connectivity index (χ1n) is 9.17. The van der Waals surface area contributed by atoms with Crippen molar-refractivity contribution in [2.45, 2.75) is 5.22 Å². The third kappa shape index (κ3) is 5.18. The molecule has 1 heterocycles. The number of thioether (sulfide) groups is 1. The van der Waals surface area contributed by atoms with Crippen LogP contribution in [0, 0.1) is 0 Å². The molecule has 4 rings (SSSR count). The molecule has 0 atom stereocenters.